The SMILES string of the molecule is CCC(O)COCCC[Si](C)(C)O[Si](C)(C)CCCOCC(COC(=O)Cc1ccccc1CC(=O)OCC(O)COCCC[Si](C)(C)O[Si](C)(C)CCCOCC(COC(=O)CC(O)(CC(=O)OC)C(=O)OC(C)C)OC(C)C)OC(C)C. The third kappa shape index (κ3) is 39.0. The summed E-state index contributed by atoms with van der Waals surface area (Å²) in [4.78, 5) is 63.4. The number of benzene rings is 1. The highest BCUT2D eigenvalue weighted by molar-refractivity contribution is 6.85. The first-order chi connectivity index (χ1) is 39.2. The van der Waals surface area contributed by atoms with Crippen LogP contribution in [0, 0.1) is 0 Å². The molecule has 25 heteroatoms. The van der Waals surface area contributed by atoms with E-state index >= 15 is 0 Å². The Bertz CT molecular complexity index is 2020. The molecule has 0 fully saturated rings. The summed E-state index contributed by atoms with van der Waals surface area (Å²) in [5.74, 6) is -3.96. The largest absolute Gasteiger partial charge is 0.469 e. The maximum atomic E-state index is 13.1. The summed E-state index contributed by atoms with van der Waals surface area (Å²) in [6.45, 7) is 32.6. The monoisotopic (exact) mass is 1270 g/mol. The Morgan fingerprint density at radius 3 is 1.21 bits per heavy atom. The van der Waals surface area contributed by atoms with E-state index in [0.29, 0.717) is 50.6 Å². The first-order valence-electron chi connectivity index (χ1n) is 30.1. The number of rotatable bonds is 49. The van der Waals surface area contributed by atoms with Crippen LogP contribution in [0.3, 0.4) is 0 Å². The van der Waals surface area contributed by atoms with Gasteiger partial charge >= 0.3 is 29.8 Å². The minimum absolute atomic E-state index is 0.00873. The van der Waals surface area contributed by atoms with Gasteiger partial charge in [0.2, 0.25) is 0 Å². The lowest BCUT2D eigenvalue weighted by Gasteiger charge is -2.34. The first kappa shape index (κ1) is 79.0. The van der Waals surface area contributed by atoms with Gasteiger partial charge in [0.15, 0.2) is 38.9 Å². The Hall–Kier alpha value is -3.00. The molecule has 0 aromatic heterocycles. The van der Waals surface area contributed by atoms with Gasteiger partial charge in [0.25, 0.3) is 0 Å². The molecule has 1 aromatic rings. The Labute approximate surface area is 506 Å². The average molecular weight is 1270 g/mol. The normalized spacial score (nSPS) is 14.7. The van der Waals surface area contributed by atoms with E-state index in [9.17, 15) is 39.3 Å². The van der Waals surface area contributed by atoms with E-state index < -0.39 is 112 Å². The van der Waals surface area contributed by atoms with Gasteiger partial charge in [0, 0.05) is 26.4 Å². The van der Waals surface area contributed by atoms with Crippen molar-refractivity contribution < 1.29 is 99.6 Å². The highest BCUT2D eigenvalue weighted by Gasteiger charge is 2.44. The van der Waals surface area contributed by atoms with Crippen molar-refractivity contribution >= 4 is 63.1 Å². The lowest BCUT2D eigenvalue weighted by molar-refractivity contribution is -0.181. The van der Waals surface area contributed by atoms with Crippen molar-refractivity contribution in [2.45, 2.75) is 231 Å². The quantitative estimate of drug-likeness (QED) is 0.0240. The second-order valence-corrected chi connectivity index (χ2v) is 42.6. The molecule has 0 aliphatic heterocycles. The fraction of sp³-hybridized carbons (Fsp3) is 0.814. The van der Waals surface area contributed by atoms with Crippen LogP contribution in [0.15, 0.2) is 24.3 Å². The number of esters is 5. The van der Waals surface area contributed by atoms with E-state index in [1.807, 2.05) is 34.6 Å². The number of hydrogen-bond acceptors (Lipinski definition) is 21. The Balaban J connectivity index is 2.48. The van der Waals surface area contributed by atoms with E-state index in [-0.39, 0.29) is 64.7 Å². The molecule has 1 aromatic carbocycles. The predicted octanol–water partition coefficient (Wildman–Crippen LogP) is 8.24. The van der Waals surface area contributed by atoms with E-state index in [1.165, 1.54) is 0 Å². The fourth-order valence-corrected chi connectivity index (χ4v) is 26.7. The molecule has 21 nitrogen and oxygen atoms in total. The summed E-state index contributed by atoms with van der Waals surface area (Å²) in [5.41, 5.74) is -1.21. The van der Waals surface area contributed by atoms with Crippen LogP contribution >= 0.6 is 0 Å². The van der Waals surface area contributed by atoms with Crippen LogP contribution in [-0.2, 0) is 97.2 Å². The minimum Gasteiger partial charge on any atom is -0.469 e. The van der Waals surface area contributed by atoms with Crippen LogP contribution in [0.1, 0.15) is 105 Å². The molecule has 5 unspecified atom stereocenters. The molecule has 0 aliphatic rings. The third-order valence-electron chi connectivity index (χ3n) is 12.9. The smallest absolute Gasteiger partial charge is 0.339 e. The number of carbonyl (C=O) groups excluding carboxylic acids is 5. The molecule has 3 N–H and O–H groups in total. The summed E-state index contributed by atoms with van der Waals surface area (Å²) < 4.78 is 74.9. The lowest BCUT2D eigenvalue weighted by Crippen LogP contribution is -2.45. The van der Waals surface area contributed by atoms with Gasteiger partial charge in [-0.3, -0.25) is 19.2 Å². The minimum atomic E-state index is -2.46. The molecule has 5 atom stereocenters. The van der Waals surface area contributed by atoms with Gasteiger partial charge in [-0.05, 0) is 161 Å². The second kappa shape index (κ2) is 41.3. The first-order valence-corrected chi connectivity index (χ1v) is 42.6. The molecule has 0 amide bonds. The summed E-state index contributed by atoms with van der Waals surface area (Å²) in [5, 5.41) is 31.2. The highest BCUT2D eigenvalue weighted by Crippen LogP contribution is 2.26. The van der Waals surface area contributed by atoms with E-state index in [2.05, 4.69) is 57.1 Å². The van der Waals surface area contributed by atoms with Crippen molar-refractivity contribution in [2.24, 2.45) is 0 Å². The fourth-order valence-electron chi connectivity index (χ4n) is 9.17. The Kier molecular flexibility index (Phi) is 38.8. The number of carbonyl (C=O) groups is 5. The zero-order valence-corrected chi connectivity index (χ0v) is 58.0. The molecular weight excluding hydrogens is 1160 g/mol. The van der Waals surface area contributed by atoms with Crippen LogP contribution in [0.25, 0.3) is 0 Å². The zero-order chi connectivity index (χ0) is 63.6. The predicted molar refractivity (Wildman–Crippen MR) is 330 cm³/mol. The maximum absolute atomic E-state index is 13.1. The van der Waals surface area contributed by atoms with Crippen molar-refractivity contribution in [1.29, 1.82) is 0 Å². The van der Waals surface area contributed by atoms with Crippen LogP contribution in [0.2, 0.25) is 76.6 Å². The maximum Gasteiger partial charge on any atom is 0.339 e. The van der Waals surface area contributed by atoms with Crippen molar-refractivity contribution in [3.05, 3.63) is 35.4 Å². The number of hydrogen-bond donors (Lipinski definition) is 3. The molecule has 0 spiro atoms. The third-order valence-corrected chi connectivity index (χ3v) is 28.0. The zero-order valence-electron chi connectivity index (χ0n) is 54.0. The van der Waals surface area contributed by atoms with Crippen molar-refractivity contribution in [3.63, 3.8) is 0 Å². The number of ether oxygens (including phenoxy) is 11. The van der Waals surface area contributed by atoms with Crippen molar-refractivity contribution in [3.8, 4) is 0 Å². The molecule has 0 radical (unpaired) electrons. The number of aliphatic hydroxyl groups is 3. The molecule has 84 heavy (non-hydrogen) atoms. The van der Waals surface area contributed by atoms with Gasteiger partial charge < -0.3 is 75.7 Å². The average Bonchev–Trinajstić information content (AvgIpc) is 3.51. The molecule has 0 heterocycles. The molecular formula is C59H110O21Si4. The van der Waals surface area contributed by atoms with Crippen LogP contribution in [0.4, 0.5) is 0 Å². The van der Waals surface area contributed by atoms with Gasteiger partial charge in [0.05, 0.1) is 83.6 Å². The molecule has 0 saturated carbocycles. The van der Waals surface area contributed by atoms with Crippen LogP contribution in [0.5, 0.6) is 0 Å². The molecule has 0 bridgehead atoms. The van der Waals surface area contributed by atoms with E-state index in [0.717, 1.165) is 57.0 Å². The Morgan fingerprint density at radius 2 is 0.845 bits per heavy atom. The topological polar surface area (TPSA) is 266 Å². The van der Waals surface area contributed by atoms with Gasteiger partial charge in [-0.1, -0.05) is 31.2 Å². The highest BCUT2D eigenvalue weighted by atomic mass is 28.4. The molecule has 1 rings (SSSR count). The number of aliphatic hydroxyl groups excluding tert-OH is 2. The molecule has 0 aliphatic carbocycles. The van der Waals surface area contributed by atoms with Gasteiger partial charge in [-0.2, -0.15) is 0 Å². The molecule has 0 saturated heterocycles. The van der Waals surface area contributed by atoms with Crippen molar-refractivity contribution in [2.75, 3.05) is 79.8 Å². The van der Waals surface area contributed by atoms with Gasteiger partial charge in [0.1, 0.15) is 38.1 Å². The lowest BCUT2D eigenvalue weighted by atomic mass is 9.95. The summed E-state index contributed by atoms with van der Waals surface area (Å²) >= 11 is 0. The van der Waals surface area contributed by atoms with Crippen molar-refractivity contribution in [1.82, 2.24) is 0 Å². The van der Waals surface area contributed by atoms with E-state index in [1.54, 1.807) is 38.1 Å². The van der Waals surface area contributed by atoms with Crippen LogP contribution < -0.4 is 0 Å². The number of methoxy groups -OCH3 is 1. The summed E-state index contributed by atoms with van der Waals surface area (Å²) in [7, 11) is -6.89. The van der Waals surface area contributed by atoms with Gasteiger partial charge in [-0.25, -0.2) is 4.79 Å². The summed E-state index contributed by atoms with van der Waals surface area (Å²) in [6, 6.07) is 10.7. The van der Waals surface area contributed by atoms with Gasteiger partial charge in [-0.15, -0.1) is 0 Å². The summed E-state index contributed by atoms with van der Waals surface area (Å²) in [6.07, 6.45) is -1.26. The standard InChI is InChI=1S/C59H110O21Si4/c1-17-50(60)38-69-26-20-30-81(9,10)79-83(13,14)32-22-28-71-41-52(76-45(2)3)43-74-55(63)35-49-25-19-18-24-48(49)34-54(62)73-40-51(61)39-70-27-21-31-82(11,12)80-84(15,16)33-23-29-72-42-53(77-46(4)5)44-75-57(65)37-59(67,36-56(64)68-8)58(66)78-47(6)7/h18-19,24-25,45-47,50-53,60-61,67H,17,20-23,26-44H2,1-16H3. The molecule has 488 valence electrons. The Morgan fingerprint density at radius 1 is 0.488 bits per heavy atom. The van der Waals surface area contributed by atoms with Crippen LogP contribution in [-0.4, -0.2) is 207 Å². The second-order valence-electron chi connectivity index (χ2n) is 24.9. The van der Waals surface area contributed by atoms with E-state index in [4.69, 9.17) is 55.6 Å².